The van der Waals surface area contributed by atoms with Crippen molar-refractivity contribution in [2.24, 2.45) is 11.7 Å². The molecule has 0 amide bonds. The van der Waals surface area contributed by atoms with Gasteiger partial charge >= 0.3 is 0 Å². The van der Waals surface area contributed by atoms with Gasteiger partial charge in [-0.2, -0.15) is 0 Å². The van der Waals surface area contributed by atoms with Crippen molar-refractivity contribution in [2.45, 2.75) is 52.5 Å². The molecule has 0 saturated heterocycles. The third kappa shape index (κ3) is 3.42. The topological polar surface area (TPSA) is 43.1 Å². The molecule has 100 valence electrons. The summed E-state index contributed by atoms with van der Waals surface area (Å²) in [4.78, 5) is 12.4. The normalized spacial score (nSPS) is 11.9. The lowest BCUT2D eigenvalue weighted by atomic mass is 9.84. The molecule has 0 fully saturated rings. The van der Waals surface area contributed by atoms with Crippen LogP contribution in [0.2, 0.25) is 0 Å². The van der Waals surface area contributed by atoms with Gasteiger partial charge in [-0.3, -0.25) is 4.79 Å². The molecule has 1 aromatic carbocycles. The van der Waals surface area contributed by atoms with Gasteiger partial charge in [-0.05, 0) is 36.8 Å². The first-order valence-electron chi connectivity index (χ1n) is 6.85. The molecule has 0 aliphatic heterocycles. The highest BCUT2D eigenvalue weighted by molar-refractivity contribution is 6.03. The van der Waals surface area contributed by atoms with Crippen LogP contribution in [0, 0.1) is 5.92 Å². The van der Waals surface area contributed by atoms with Crippen molar-refractivity contribution in [3.8, 4) is 0 Å². The first kappa shape index (κ1) is 14.9. The average molecular weight is 247 g/mol. The summed E-state index contributed by atoms with van der Waals surface area (Å²) >= 11 is 0. The van der Waals surface area contributed by atoms with Gasteiger partial charge in [-0.15, -0.1) is 0 Å². The highest BCUT2D eigenvalue weighted by atomic mass is 16.1. The van der Waals surface area contributed by atoms with E-state index in [1.54, 1.807) is 0 Å². The van der Waals surface area contributed by atoms with Gasteiger partial charge in [0.1, 0.15) is 0 Å². The smallest absolute Gasteiger partial charge is 0.182 e. The summed E-state index contributed by atoms with van der Waals surface area (Å²) in [5, 5.41) is 0. The fourth-order valence-corrected chi connectivity index (χ4v) is 2.17. The summed E-state index contributed by atoms with van der Waals surface area (Å²) < 4.78 is 0. The number of Topliss-reactive ketones (excluding diaryl/α,β-unsaturated/α-hetero) is 1. The zero-order chi connectivity index (χ0) is 13.8. The predicted octanol–water partition coefficient (Wildman–Crippen LogP) is 3.59. The number of nitrogens with two attached hydrogens (primary N) is 1. The fourth-order valence-electron chi connectivity index (χ4n) is 2.17. The van der Waals surface area contributed by atoms with E-state index in [2.05, 4.69) is 19.9 Å². The number of hydrogen-bond donors (Lipinski definition) is 1. The van der Waals surface area contributed by atoms with E-state index < -0.39 is 5.54 Å². The Labute approximate surface area is 111 Å². The summed E-state index contributed by atoms with van der Waals surface area (Å²) in [6.45, 7) is 8.30. The van der Waals surface area contributed by atoms with E-state index in [4.69, 9.17) is 5.73 Å². The van der Waals surface area contributed by atoms with E-state index in [-0.39, 0.29) is 5.78 Å². The Balaban J connectivity index is 2.99. The molecule has 1 rings (SSSR count). The van der Waals surface area contributed by atoms with E-state index in [0.29, 0.717) is 18.8 Å². The summed E-state index contributed by atoms with van der Waals surface area (Å²) in [6, 6.07) is 7.90. The molecule has 0 saturated carbocycles. The molecule has 0 spiro atoms. The third-order valence-corrected chi connectivity index (χ3v) is 3.55. The Kier molecular flexibility index (Phi) is 5.09. The zero-order valence-electron chi connectivity index (χ0n) is 12.0. The quantitative estimate of drug-likeness (QED) is 0.781. The molecule has 1 aromatic rings. The van der Waals surface area contributed by atoms with Crippen LogP contribution in [0.1, 0.15) is 56.5 Å². The second-order valence-corrected chi connectivity index (χ2v) is 5.49. The summed E-state index contributed by atoms with van der Waals surface area (Å²) in [7, 11) is 0. The van der Waals surface area contributed by atoms with Gasteiger partial charge < -0.3 is 5.73 Å². The Bertz CT molecular complexity index is 405. The van der Waals surface area contributed by atoms with Gasteiger partial charge in [-0.1, -0.05) is 45.9 Å². The monoisotopic (exact) mass is 247 g/mol. The average Bonchev–Trinajstić information content (AvgIpc) is 2.36. The molecule has 0 aliphatic rings. The van der Waals surface area contributed by atoms with Crippen molar-refractivity contribution in [3.63, 3.8) is 0 Å². The maximum Gasteiger partial charge on any atom is 0.182 e. The van der Waals surface area contributed by atoms with Gasteiger partial charge in [0.2, 0.25) is 0 Å². The molecular formula is C16H25NO. The molecule has 18 heavy (non-hydrogen) atoms. The van der Waals surface area contributed by atoms with Gasteiger partial charge in [0, 0.05) is 5.56 Å². The van der Waals surface area contributed by atoms with Crippen LogP contribution >= 0.6 is 0 Å². The molecule has 0 aromatic heterocycles. The molecule has 2 heteroatoms. The van der Waals surface area contributed by atoms with E-state index in [1.807, 2.05) is 32.0 Å². The van der Waals surface area contributed by atoms with Crippen molar-refractivity contribution in [2.75, 3.05) is 0 Å². The standard InChI is InChI=1S/C16H25NO/c1-5-16(17,6-2)15(18)14-9-7-8-13(11-14)10-12(3)4/h7-9,11-12H,5-6,10,17H2,1-4H3. The Morgan fingerprint density at radius 1 is 1.28 bits per heavy atom. The van der Waals surface area contributed by atoms with Crippen molar-refractivity contribution < 1.29 is 4.79 Å². The molecule has 0 unspecified atom stereocenters. The lowest BCUT2D eigenvalue weighted by molar-refractivity contribution is 0.0879. The Morgan fingerprint density at radius 3 is 2.39 bits per heavy atom. The molecule has 0 aliphatic carbocycles. The van der Waals surface area contributed by atoms with Crippen LogP contribution < -0.4 is 5.73 Å². The van der Waals surface area contributed by atoms with Gasteiger partial charge in [-0.25, -0.2) is 0 Å². The molecule has 0 radical (unpaired) electrons. The highest BCUT2D eigenvalue weighted by Gasteiger charge is 2.30. The number of carbonyl (C=O) groups excluding carboxylic acids is 1. The second-order valence-electron chi connectivity index (χ2n) is 5.49. The maximum atomic E-state index is 12.4. The third-order valence-electron chi connectivity index (χ3n) is 3.55. The predicted molar refractivity (Wildman–Crippen MR) is 76.8 cm³/mol. The molecule has 0 atom stereocenters. The van der Waals surface area contributed by atoms with E-state index in [1.165, 1.54) is 5.56 Å². The van der Waals surface area contributed by atoms with Crippen LogP contribution in [0.25, 0.3) is 0 Å². The lowest BCUT2D eigenvalue weighted by Gasteiger charge is -2.25. The Morgan fingerprint density at radius 2 is 1.89 bits per heavy atom. The minimum atomic E-state index is -0.712. The van der Waals surface area contributed by atoms with Crippen LogP contribution in [0.15, 0.2) is 24.3 Å². The van der Waals surface area contributed by atoms with Crippen molar-refractivity contribution in [1.82, 2.24) is 0 Å². The lowest BCUT2D eigenvalue weighted by Crippen LogP contribution is -2.46. The van der Waals surface area contributed by atoms with Gasteiger partial charge in [0.25, 0.3) is 0 Å². The van der Waals surface area contributed by atoms with Crippen molar-refractivity contribution in [3.05, 3.63) is 35.4 Å². The van der Waals surface area contributed by atoms with Crippen LogP contribution in [0.5, 0.6) is 0 Å². The number of rotatable bonds is 6. The van der Waals surface area contributed by atoms with Crippen molar-refractivity contribution >= 4 is 5.78 Å². The van der Waals surface area contributed by atoms with Gasteiger partial charge in [0.05, 0.1) is 5.54 Å². The zero-order valence-corrected chi connectivity index (χ0v) is 12.0. The summed E-state index contributed by atoms with van der Waals surface area (Å²) in [5.74, 6) is 0.661. The number of ketones is 1. The SMILES string of the molecule is CCC(N)(CC)C(=O)c1cccc(CC(C)C)c1. The molecule has 0 heterocycles. The first-order valence-corrected chi connectivity index (χ1v) is 6.85. The molecule has 0 bridgehead atoms. The maximum absolute atomic E-state index is 12.4. The van der Waals surface area contributed by atoms with E-state index in [0.717, 1.165) is 12.0 Å². The van der Waals surface area contributed by atoms with Crippen LogP contribution in [0.4, 0.5) is 0 Å². The molecule has 2 nitrogen and oxygen atoms in total. The minimum absolute atomic E-state index is 0.0677. The first-order chi connectivity index (χ1) is 8.42. The van der Waals surface area contributed by atoms with Crippen molar-refractivity contribution in [1.29, 1.82) is 0 Å². The van der Waals surface area contributed by atoms with Crippen LogP contribution in [-0.4, -0.2) is 11.3 Å². The fraction of sp³-hybridized carbons (Fsp3) is 0.562. The summed E-state index contributed by atoms with van der Waals surface area (Å²) in [6.07, 6.45) is 2.35. The van der Waals surface area contributed by atoms with Gasteiger partial charge in [0.15, 0.2) is 5.78 Å². The Hall–Kier alpha value is -1.15. The van der Waals surface area contributed by atoms with E-state index in [9.17, 15) is 4.79 Å². The number of carbonyl (C=O) groups is 1. The van der Waals surface area contributed by atoms with Crippen LogP contribution in [0.3, 0.4) is 0 Å². The highest BCUT2D eigenvalue weighted by Crippen LogP contribution is 2.20. The second kappa shape index (κ2) is 6.14. The molecular weight excluding hydrogens is 222 g/mol. The van der Waals surface area contributed by atoms with Crippen LogP contribution in [-0.2, 0) is 6.42 Å². The molecule has 2 N–H and O–H groups in total. The number of hydrogen-bond acceptors (Lipinski definition) is 2. The largest absolute Gasteiger partial charge is 0.319 e. The summed E-state index contributed by atoms with van der Waals surface area (Å²) in [5.41, 5.74) is 7.42. The minimum Gasteiger partial charge on any atom is -0.319 e. The van der Waals surface area contributed by atoms with E-state index >= 15 is 0 Å². The number of benzene rings is 1.